The second-order valence-electron chi connectivity index (χ2n) is 6.39. The Morgan fingerprint density at radius 1 is 1.12 bits per heavy atom. The molecular weight excluding hydrogens is 334 g/mol. The highest BCUT2D eigenvalue weighted by Gasteiger charge is 2.31. The Labute approximate surface area is 154 Å². The lowest BCUT2D eigenvalue weighted by Gasteiger charge is -2.40. The van der Waals surface area contributed by atoms with Crippen LogP contribution in [0.25, 0.3) is 0 Å². The molecule has 0 aliphatic carbocycles. The first kappa shape index (κ1) is 19.9. The summed E-state index contributed by atoms with van der Waals surface area (Å²) in [5, 5.41) is 9.40. The number of aliphatic hydroxyl groups excluding tert-OH is 1. The third-order valence-corrected chi connectivity index (χ3v) is 4.84. The summed E-state index contributed by atoms with van der Waals surface area (Å²) in [4.78, 5) is 37.7. The minimum atomic E-state index is -0.246. The number of urea groups is 1. The molecule has 3 amide bonds. The van der Waals surface area contributed by atoms with Crippen LogP contribution in [0.5, 0.6) is 0 Å². The predicted molar refractivity (Wildman–Crippen MR) is 99.1 cm³/mol. The number of piperidine rings is 1. The van der Waals surface area contributed by atoms with E-state index in [-0.39, 0.29) is 18.0 Å². The van der Waals surface area contributed by atoms with Crippen LogP contribution >= 0.6 is 0 Å². The Morgan fingerprint density at radius 2 is 1.77 bits per heavy atom. The Kier molecular flexibility index (Phi) is 7.59. The summed E-state index contributed by atoms with van der Waals surface area (Å²) in [6.07, 6.45) is 4.51. The van der Waals surface area contributed by atoms with Crippen molar-refractivity contribution in [2.45, 2.75) is 38.1 Å². The van der Waals surface area contributed by atoms with E-state index in [0.29, 0.717) is 19.4 Å². The lowest BCUT2D eigenvalue weighted by atomic mass is 10.0. The molecule has 2 heterocycles. The Morgan fingerprint density at radius 3 is 2.35 bits per heavy atom. The number of rotatable bonds is 5. The molecule has 2 saturated heterocycles. The van der Waals surface area contributed by atoms with Gasteiger partial charge in [0.05, 0.1) is 0 Å². The summed E-state index contributed by atoms with van der Waals surface area (Å²) in [5.74, 6) is -0.177. The number of aryl methyl sites for hydroxylation is 1. The molecule has 0 aromatic heterocycles. The average molecular weight is 361 g/mol. The first-order valence-electron chi connectivity index (χ1n) is 9.00. The molecule has 0 radical (unpaired) electrons. The monoisotopic (exact) mass is 361 g/mol. The number of carbonyl (C=O) groups excluding carboxylic acids is 3. The van der Waals surface area contributed by atoms with Crippen LogP contribution in [0.4, 0.5) is 10.5 Å². The number of benzene rings is 1. The van der Waals surface area contributed by atoms with Crippen molar-refractivity contribution >= 4 is 23.9 Å². The lowest BCUT2D eigenvalue weighted by Crippen LogP contribution is -2.56. The summed E-state index contributed by atoms with van der Waals surface area (Å²) in [6.45, 7) is 2.33. The Hall–Kier alpha value is -2.41. The molecule has 0 bridgehead atoms. The number of carbonyl (C=O) groups is 3. The SMILES string of the molecule is CO.O=CCCc1ccc(N2CCC(N3CCC(=O)NC3=O)CC2)cc1. The maximum Gasteiger partial charge on any atom is 0.324 e. The summed E-state index contributed by atoms with van der Waals surface area (Å²) >= 11 is 0. The number of aldehydes is 1. The van der Waals surface area contributed by atoms with E-state index in [4.69, 9.17) is 5.11 Å². The molecule has 1 aromatic carbocycles. The molecule has 2 aliphatic heterocycles. The number of nitrogens with one attached hydrogen (secondary N) is 1. The van der Waals surface area contributed by atoms with Crippen molar-refractivity contribution < 1.29 is 19.5 Å². The van der Waals surface area contributed by atoms with E-state index < -0.39 is 0 Å². The zero-order chi connectivity index (χ0) is 18.9. The third kappa shape index (κ3) is 5.05. The maximum atomic E-state index is 11.9. The van der Waals surface area contributed by atoms with E-state index in [1.807, 2.05) is 0 Å². The van der Waals surface area contributed by atoms with Gasteiger partial charge in [-0.05, 0) is 37.0 Å². The minimum Gasteiger partial charge on any atom is -0.400 e. The van der Waals surface area contributed by atoms with E-state index in [9.17, 15) is 14.4 Å². The van der Waals surface area contributed by atoms with Crippen LogP contribution in [0.3, 0.4) is 0 Å². The van der Waals surface area contributed by atoms with E-state index in [0.717, 1.165) is 45.7 Å². The topological polar surface area (TPSA) is 89.9 Å². The fourth-order valence-electron chi connectivity index (χ4n) is 3.46. The zero-order valence-corrected chi connectivity index (χ0v) is 15.2. The van der Waals surface area contributed by atoms with Crippen LogP contribution in [0.1, 0.15) is 31.2 Å². The molecule has 0 saturated carbocycles. The quantitative estimate of drug-likeness (QED) is 0.773. The average Bonchev–Trinajstić information content (AvgIpc) is 2.69. The summed E-state index contributed by atoms with van der Waals surface area (Å²) < 4.78 is 0. The number of amides is 3. The van der Waals surface area contributed by atoms with Crippen molar-refractivity contribution in [3.63, 3.8) is 0 Å². The van der Waals surface area contributed by atoms with Crippen LogP contribution in [0.2, 0.25) is 0 Å². The van der Waals surface area contributed by atoms with E-state index in [2.05, 4.69) is 34.5 Å². The molecular formula is C19H27N3O4. The first-order valence-corrected chi connectivity index (χ1v) is 9.00. The van der Waals surface area contributed by atoms with Gasteiger partial charge in [0.2, 0.25) is 5.91 Å². The maximum absolute atomic E-state index is 11.9. The van der Waals surface area contributed by atoms with Crippen molar-refractivity contribution in [2.24, 2.45) is 0 Å². The van der Waals surface area contributed by atoms with Crippen molar-refractivity contribution in [2.75, 3.05) is 31.6 Å². The fourth-order valence-corrected chi connectivity index (χ4v) is 3.46. The zero-order valence-electron chi connectivity index (χ0n) is 15.2. The number of aliphatic hydroxyl groups is 1. The number of imide groups is 1. The van der Waals surface area contributed by atoms with Gasteiger partial charge in [-0.2, -0.15) is 0 Å². The lowest BCUT2D eigenvalue weighted by molar-refractivity contribution is -0.121. The van der Waals surface area contributed by atoms with Gasteiger partial charge in [-0.25, -0.2) is 4.79 Å². The highest BCUT2D eigenvalue weighted by atomic mass is 16.2. The predicted octanol–water partition coefficient (Wildman–Crippen LogP) is 1.34. The smallest absolute Gasteiger partial charge is 0.324 e. The number of hydrogen-bond acceptors (Lipinski definition) is 5. The molecule has 1 aromatic rings. The second kappa shape index (κ2) is 9.91. The molecule has 0 atom stereocenters. The molecule has 7 nitrogen and oxygen atoms in total. The van der Waals surface area contributed by atoms with Gasteiger partial charge in [-0.3, -0.25) is 10.1 Å². The number of anilines is 1. The van der Waals surface area contributed by atoms with Crippen molar-refractivity contribution in [3.05, 3.63) is 29.8 Å². The van der Waals surface area contributed by atoms with E-state index in [1.54, 1.807) is 4.90 Å². The molecule has 142 valence electrons. The molecule has 26 heavy (non-hydrogen) atoms. The van der Waals surface area contributed by atoms with Crippen LogP contribution < -0.4 is 10.2 Å². The normalized spacial score (nSPS) is 18.1. The summed E-state index contributed by atoms with van der Waals surface area (Å²) in [7, 11) is 1.00. The Bertz CT molecular complexity index is 610. The van der Waals surface area contributed by atoms with Gasteiger partial charge < -0.3 is 19.7 Å². The van der Waals surface area contributed by atoms with Gasteiger partial charge in [0.25, 0.3) is 0 Å². The largest absolute Gasteiger partial charge is 0.400 e. The van der Waals surface area contributed by atoms with Crippen LogP contribution in [0, 0.1) is 0 Å². The molecule has 2 aliphatic rings. The number of hydrogen-bond donors (Lipinski definition) is 2. The second-order valence-corrected chi connectivity index (χ2v) is 6.39. The van der Waals surface area contributed by atoms with Gasteiger partial charge in [-0.15, -0.1) is 0 Å². The number of nitrogens with zero attached hydrogens (tertiary/aromatic N) is 2. The highest BCUT2D eigenvalue weighted by molar-refractivity contribution is 5.96. The summed E-state index contributed by atoms with van der Waals surface area (Å²) in [6, 6.07) is 8.33. The van der Waals surface area contributed by atoms with Gasteiger partial charge in [0.1, 0.15) is 6.29 Å². The van der Waals surface area contributed by atoms with Crippen LogP contribution in [-0.4, -0.2) is 61.0 Å². The van der Waals surface area contributed by atoms with E-state index >= 15 is 0 Å². The summed E-state index contributed by atoms with van der Waals surface area (Å²) in [5.41, 5.74) is 2.36. The fraction of sp³-hybridized carbons (Fsp3) is 0.526. The first-order chi connectivity index (χ1) is 12.7. The van der Waals surface area contributed by atoms with E-state index in [1.165, 1.54) is 11.3 Å². The highest BCUT2D eigenvalue weighted by Crippen LogP contribution is 2.24. The molecule has 2 fully saturated rings. The van der Waals surface area contributed by atoms with Gasteiger partial charge in [-0.1, -0.05) is 12.1 Å². The van der Waals surface area contributed by atoms with Crippen LogP contribution in [0.15, 0.2) is 24.3 Å². The minimum absolute atomic E-state index is 0.177. The molecule has 2 N–H and O–H groups in total. The molecule has 7 heteroatoms. The van der Waals surface area contributed by atoms with Crippen molar-refractivity contribution in [3.8, 4) is 0 Å². The molecule has 3 rings (SSSR count). The van der Waals surface area contributed by atoms with Gasteiger partial charge in [0.15, 0.2) is 0 Å². The standard InChI is InChI=1S/C18H23N3O3.CH4O/c22-13-1-2-14-3-5-15(6-4-14)20-10-7-16(8-11-20)21-12-9-17(23)19-18(21)24;1-2/h3-6,13,16H,1-2,7-12H2,(H,19,23,24);2H,1H3. The molecule has 0 spiro atoms. The van der Waals surface area contributed by atoms with Crippen LogP contribution in [-0.2, 0) is 16.0 Å². The van der Waals surface area contributed by atoms with Crippen molar-refractivity contribution in [1.29, 1.82) is 0 Å². The van der Waals surface area contributed by atoms with Gasteiger partial charge in [0, 0.05) is 51.3 Å². The van der Waals surface area contributed by atoms with Crippen molar-refractivity contribution in [1.82, 2.24) is 10.2 Å². The van der Waals surface area contributed by atoms with Gasteiger partial charge >= 0.3 is 6.03 Å². The third-order valence-electron chi connectivity index (χ3n) is 4.84. The Balaban J connectivity index is 0.00000117. The molecule has 0 unspecified atom stereocenters.